The van der Waals surface area contributed by atoms with Crippen molar-refractivity contribution in [3.63, 3.8) is 0 Å². The van der Waals surface area contributed by atoms with Gasteiger partial charge in [0, 0.05) is 15.6 Å². The minimum atomic E-state index is -0.493. The second-order valence-corrected chi connectivity index (χ2v) is 8.77. The van der Waals surface area contributed by atoms with Gasteiger partial charge in [-0.1, -0.05) is 52.3 Å². The minimum absolute atomic E-state index is 0.221. The zero-order chi connectivity index (χ0) is 22.7. The molecule has 0 saturated carbocycles. The van der Waals surface area contributed by atoms with Crippen LogP contribution >= 0.6 is 31.9 Å². The number of ether oxygens (including phenoxy) is 3. The molecule has 1 aliphatic rings. The van der Waals surface area contributed by atoms with Crippen LogP contribution < -0.4 is 9.47 Å². The Balaban J connectivity index is 1.61. The van der Waals surface area contributed by atoms with Crippen molar-refractivity contribution in [3.8, 4) is 11.5 Å². The number of methoxy groups -OCH3 is 1. The average molecular weight is 557 g/mol. The molecule has 0 saturated heterocycles. The van der Waals surface area contributed by atoms with Crippen molar-refractivity contribution in [2.24, 2.45) is 4.99 Å². The number of cyclic esters (lactones) is 1. The summed E-state index contributed by atoms with van der Waals surface area (Å²) in [5.74, 6) is 0.919. The summed E-state index contributed by atoms with van der Waals surface area (Å²) in [6, 6.07) is 19.1. The fourth-order valence-corrected chi connectivity index (χ4v) is 4.20. The van der Waals surface area contributed by atoms with Gasteiger partial charge in [0.25, 0.3) is 0 Å². The van der Waals surface area contributed by atoms with E-state index in [1.54, 1.807) is 19.3 Å². The molecule has 32 heavy (non-hydrogen) atoms. The summed E-state index contributed by atoms with van der Waals surface area (Å²) in [6.07, 6.45) is 1.67. The van der Waals surface area contributed by atoms with E-state index >= 15 is 0 Å². The second-order valence-electron chi connectivity index (χ2n) is 7.07. The zero-order valence-electron chi connectivity index (χ0n) is 17.4. The van der Waals surface area contributed by atoms with Gasteiger partial charge in [-0.3, -0.25) is 0 Å². The third-order valence-corrected chi connectivity index (χ3v) is 6.24. The number of esters is 1. The lowest BCUT2D eigenvalue weighted by Crippen LogP contribution is -2.06. The Hall–Kier alpha value is -2.90. The van der Waals surface area contributed by atoms with Crippen LogP contribution in [0.15, 0.2) is 80.3 Å². The molecule has 0 bridgehead atoms. The lowest BCUT2D eigenvalue weighted by Gasteiger charge is -2.14. The van der Waals surface area contributed by atoms with Crippen molar-refractivity contribution in [1.82, 2.24) is 0 Å². The highest BCUT2D eigenvalue weighted by Crippen LogP contribution is 2.38. The number of carbonyl (C=O) groups is 1. The molecular formula is C25H19Br2NO4. The number of aryl methyl sites for hydroxylation is 1. The molecule has 1 aliphatic heterocycles. The second kappa shape index (κ2) is 9.71. The molecule has 0 atom stereocenters. The summed E-state index contributed by atoms with van der Waals surface area (Å²) in [6.45, 7) is 2.31. The Labute approximate surface area is 203 Å². The van der Waals surface area contributed by atoms with E-state index in [4.69, 9.17) is 14.2 Å². The smallest absolute Gasteiger partial charge is 0.363 e. The molecule has 7 heteroatoms. The quantitative estimate of drug-likeness (QED) is 0.258. The Bertz CT molecular complexity index is 1250. The topological polar surface area (TPSA) is 57.1 Å². The average Bonchev–Trinajstić information content (AvgIpc) is 3.14. The normalized spacial score (nSPS) is 14.3. The first-order chi connectivity index (χ1) is 15.5. The predicted octanol–water partition coefficient (Wildman–Crippen LogP) is 6.45. The summed E-state index contributed by atoms with van der Waals surface area (Å²) >= 11 is 7.08. The SMILES string of the molecule is COc1cc(/C=C2\N=C(c3ccccc3C)OC2=O)cc(Br)c1OCc1ccccc1Br. The van der Waals surface area contributed by atoms with Gasteiger partial charge in [-0.25, -0.2) is 9.79 Å². The van der Waals surface area contributed by atoms with Crippen LogP contribution in [0.25, 0.3) is 6.08 Å². The van der Waals surface area contributed by atoms with Crippen LogP contribution in [0.2, 0.25) is 0 Å². The van der Waals surface area contributed by atoms with Gasteiger partial charge in [-0.05, 0) is 64.3 Å². The van der Waals surface area contributed by atoms with Crippen LogP contribution in [-0.4, -0.2) is 19.0 Å². The van der Waals surface area contributed by atoms with Crippen LogP contribution in [0, 0.1) is 6.92 Å². The molecule has 0 radical (unpaired) electrons. The highest BCUT2D eigenvalue weighted by atomic mass is 79.9. The van der Waals surface area contributed by atoms with Crippen LogP contribution in [0.4, 0.5) is 0 Å². The van der Waals surface area contributed by atoms with Gasteiger partial charge in [0.1, 0.15) is 6.61 Å². The number of hydrogen-bond acceptors (Lipinski definition) is 5. The molecule has 0 spiro atoms. The predicted molar refractivity (Wildman–Crippen MR) is 131 cm³/mol. The maximum atomic E-state index is 12.4. The molecule has 4 rings (SSSR count). The van der Waals surface area contributed by atoms with Crippen molar-refractivity contribution in [2.75, 3.05) is 7.11 Å². The summed E-state index contributed by atoms with van der Waals surface area (Å²) < 4.78 is 18.6. The molecule has 5 nitrogen and oxygen atoms in total. The Morgan fingerprint density at radius 2 is 1.78 bits per heavy atom. The molecule has 0 fully saturated rings. The molecule has 0 aromatic heterocycles. The fourth-order valence-electron chi connectivity index (χ4n) is 3.22. The maximum absolute atomic E-state index is 12.4. The van der Waals surface area contributed by atoms with Crippen LogP contribution in [0.1, 0.15) is 22.3 Å². The number of hydrogen-bond donors (Lipinski definition) is 0. The van der Waals surface area contributed by atoms with E-state index in [9.17, 15) is 4.79 Å². The molecule has 162 valence electrons. The highest BCUT2D eigenvalue weighted by molar-refractivity contribution is 9.10. The van der Waals surface area contributed by atoms with Crippen molar-refractivity contribution in [1.29, 1.82) is 0 Å². The first-order valence-electron chi connectivity index (χ1n) is 9.78. The Morgan fingerprint density at radius 1 is 1.03 bits per heavy atom. The highest BCUT2D eigenvalue weighted by Gasteiger charge is 2.25. The number of nitrogens with zero attached hydrogens (tertiary/aromatic N) is 1. The molecule has 3 aromatic rings. The van der Waals surface area contributed by atoms with Gasteiger partial charge >= 0.3 is 5.97 Å². The number of rotatable bonds is 6. The third kappa shape index (κ3) is 4.79. The van der Waals surface area contributed by atoms with Gasteiger partial charge in [-0.15, -0.1) is 0 Å². The molecule has 1 heterocycles. The van der Waals surface area contributed by atoms with E-state index in [0.717, 1.165) is 26.7 Å². The summed E-state index contributed by atoms with van der Waals surface area (Å²) in [5, 5.41) is 0. The number of benzene rings is 3. The maximum Gasteiger partial charge on any atom is 0.363 e. The third-order valence-electron chi connectivity index (χ3n) is 4.88. The monoisotopic (exact) mass is 555 g/mol. The van der Waals surface area contributed by atoms with Crippen LogP contribution in [-0.2, 0) is 16.1 Å². The van der Waals surface area contributed by atoms with Crippen LogP contribution in [0.3, 0.4) is 0 Å². The number of carbonyl (C=O) groups excluding carboxylic acids is 1. The standard InChI is InChI=1S/C25H19Br2NO4/c1-15-7-3-5-9-18(15)24-28-21(25(29)32-24)12-16-11-20(27)23(22(13-16)30-2)31-14-17-8-4-6-10-19(17)26/h3-13H,14H2,1-2H3/b21-12-. The minimum Gasteiger partial charge on any atom is -0.493 e. The lowest BCUT2D eigenvalue weighted by atomic mass is 10.1. The van der Waals surface area contributed by atoms with Gasteiger partial charge in [0.2, 0.25) is 5.90 Å². The van der Waals surface area contributed by atoms with Crippen molar-refractivity contribution in [3.05, 3.63) is 97.6 Å². The summed E-state index contributed by atoms with van der Waals surface area (Å²) in [7, 11) is 1.57. The molecule has 0 aliphatic carbocycles. The summed E-state index contributed by atoms with van der Waals surface area (Å²) in [5.41, 5.74) is 3.73. The van der Waals surface area contributed by atoms with Gasteiger partial charge in [0.15, 0.2) is 17.2 Å². The Kier molecular flexibility index (Phi) is 6.77. The van der Waals surface area contributed by atoms with E-state index in [1.165, 1.54) is 0 Å². The van der Waals surface area contributed by atoms with E-state index in [1.807, 2.05) is 61.5 Å². The first-order valence-corrected chi connectivity index (χ1v) is 11.4. The molecule has 0 unspecified atom stereocenters. The van der Waals surface area contributed by atoms with Crippen molar-refractivity contribution >= 4 is 49.8 Å². The van der Waals surface area contributed by atoms with E-state index < -0.39 is 5.97 Å². The lowest BCUT2D eigenvalue weighted by molar-refractivity contribution is -0.129. The van der Waals surface area contributed by atoms with E-state index in [2.05, 4.69) is 36.9 Å². The fraction of sp³-hybridized carbons (Fsp3) is 0.120. The van der Waals surface area contributed by atoms with Gasteiger partial charge < -0.3 is 14.2 Å². The van der Waals surface area contributed by atoms with Crippen molar-refractivity contribution in [2.45, 2.75) is 13.5 Å². The number of halogens is 2. The largest absolute Gasteiger partial charge is 0.493 e. The molecular weight excluding hydrogens is 538 g/mol. The summed E-state index contributed by atoms with van der Waals surface area (Å²) in [4.78, 5) is 16.8. The van der Waals surface area contributed by atoms with E-state index in [-0.39, 0.29) is 5.70 Å². The zero-order valence-corrected chi connectivity index (χ0v) is 20.6. The Morgan fingerprint density at radius 3 is 2.53 bits per heavy atom. The first kappa shape index (κ1) is 22.3. The van der Waals surface area contributed by atoms with E-state index in [0.29, 0.717) is 28.5 Å². The molecule has 3 aromatic carbocycles. The molecule has 0 amide bonds. The van der Waals surface area contributed by atoms with Gasteiger partial charge in [0.05, 0.1) is 11.6 Å². The van der Waals surface area contributed by atoms with Crippen LogP contribution in [0.5, 0.6) is 11.5 Å². The molecule has 0 N–H and O–H groups in total. The van der Waals surface area contributed by atoms with Crippen molar-refractivity contribution < 1.29 is 19.0 Å². The van der Waals surface area contributed by atoms with Gasteiger partial charge in [-0.2, -0.15) is 0 Å². The number of aliphatic imine (C=N–C) groups is 1.